The first-order valence-electron chi connectivity index (χ1n) is 6.58. The van der Waals surface area contributed by atoms with Crippen LogP contribution in [-0.2, 0) is 16.1 Å². The molecule has 0 saturated heterocycles. The summed E-state index contributed by atoms with van der Waals surface area (Å²) in [5, 5.41) is 0. The normalized spacial score (nSPS) is 18.7. The van der Waals surface area contributed by atoms with Crippen molar-refractivity contribution >= 4 is 11.9 Å². The van der Waals surface area contributed by atoms with Crippen molar-refractivity contribution in [1.29, 1.82) is 0 Å². The maximum Gasteiger partial charge on any atom is 0.338 e. The minimum atomic E-state index is -0.249. The van der Waals surface area contributed by atoms with Gasteiger partial charge in [-0.1, -0.05) is 13.8 Å². The second-order valence-electron chi connectivity index (χ2n) is 4.97. The fourth-order valence-electron chi connectivity index (χ4n) is 2.00. The molecule has 2 aliphatic rings. The third kappa shape index (κ3) is 2.62. The molecule has 0 radical (unpaired) electrons. The number of rotatable bonds is 1. The summed E-state index contributed by atoms with van der Waals surface area (Å²) in [6.07, 6.45) is 0. The van der Waals surface area contributed by atoms with E-state index in [4.69, 9.17) is 9.47 Å². The molecule has 0 aromatic heterocycles. The van der Waals surface area contributed by atoms with E-state index < -0.39 is 0 Å². The first kappa shape index (κ1) is 13.6. The van der Waals surface area contributed by atoms with E-state index in [1.807, 2.05) is 39.8 Å². The molecule has 0 spiro atoms. The summed E-state index contributed by atoms with van der Waals surface area (Å²) in [7, 11) is 0. The van der Waals surface area contributed by atoms with E-state index >= 15 is 0 Å². The lowest BCUT2D eigenvalue weighted by Crippen LogP contribution is -2.17. The number of hydrogen-bond acceptors (Lipinski definition) is 4. The molecule has 0 fully saturated rings. The van der Waals surface area contributed by atoms with Gasteiger partial charge in [-0.3, -0.25) is 0 Å². The summed E-state index contributed by atoms with van der Waals surface area (Å²) in [4.78, 5) is 15.8. The molecule has 19 heavy (non-hydrogen) atoms. The predicted octanol–water partition coefficient (Wildman–Crippen LogP) is 2.94. The second kappa shape index (κ2) is 5.03. The van der Waals surface area contributed by atoms with E-state index in [1.54, 1.807) is 6.07 Å². The van der Waals surface area contributed by atoms with Crippen LogP contribution in [0.5, 0.6) is 0 Å². The van der Waals surface area contributed by atoms with Crippen LogP contribution in [0.1, 0.15) is 49.2 Å². The van der Waals surface area contributed by atoms with Crippen LogP contribution in [0.15, 0.2) is 23.2 Å². The number of fused-ring (bicyclic) bond motifs is 1. The third-order valence-corrected chi connectivity index (χ3v) is 2.90. The van der Waals surface area contributed by atoms with Gasteiger partial charge in [0.15, 0.2) is 0 Å². The van der Waals surface area contributed by atoms with Gasteiger partial charge in [0.2, 0.25) is 5.90 Å². The molecule has 0 amide bonds. The van der Waals surface area contributed by atoms with Crippen LogP contribution in [0.4, 0.5) is 0 Å². The largest absolute Gasteiger partial charge is 0.475 e. The molecule has 0 unspecified atom stereocenters. The Balaban J connectivity index is 0.000000637. The second-order valence-corrected chi connectivity index (χ2v) is 4.97. The smallest absolute Gasteiger partial charge is 0.338 e. The van der Waals surface area contributed by atoms with E-state index in [0.717, 1.165) is 11.1 Å². The number of esters is 1. The van der Waals surface area contributed by atoms with E-state index in [0.29, 0.717) is 24.7 Å². The fraction of sp³-hybridized carbons (Fsp3) is 0.467. The van der Waals surface area contributed by atoms with Crippen LogP contribution in [-0.4, -0.2) is 24.0 Å². The van der Waals surface area contributed by atoms with Crippen LogP contribution in [0.3, 0.4) is 0 Å². The SMILES string of the molecule is CC.CC1(C)COC(c2ccc3c(c2)COC3=O)=N1. The number of aliphatic imine (C=N–C) groups is 1. The zero-order valence-corrected chi connectivity index (χ0v) is 11.8. The number of nitrogens with zero attached hydrogens (tertiary/aromatic N) is 1. The van der Waals surface area contributed by atoms with Crippen molar-refractivity contribution in [2.45, 2.75) is 39.8 Å². The Morgan fingerprint density at radius 3 is 2.58 bits per heavy atom. The molecule has 1 aromatic rings. The van der Waals surface area contributed by atoms with Crippen LogP contribution in [0.2, 0.25) is 0 Å². The fourth-order valence-corrected chi connectivity index (χ4v) is 2.00. The lowest BCUT2D eigenvalue weighted by atomic mass is 10.1. The van der Waals surface area contributed by atoms with Gasteiger partial charge >= 0.3 is 5.97 Å². The Morgan fingerprint density at radius 1 is 1.21 bits per heavy atom. The molecule has 0 aliphatic carbocycles. The van der Waals surface area contributed by atoms with Crippen molar-refractivity contribution in [2.75, 3.05) is 6.61 Å². The zero-order valence-electron chi connectivity index (χ0n) is 11.8. The first-order valence-corrected chi connectivity index (χ1v) is 6.58. The summed E-state index contributed by atoms with van der Waals surface area (Å²) in [5.74, 6) is 0.401. The van der Waals surface area contributed by atoms with Gasteiger partial charge in [0.1, 0.15) is 13.2 Å². The maximum absolute atomic E-state index is 11.3. The molecule has 0 saturated carbocycles. The molecular formula is C15H19NO3. The van der Waals surface area contributed by atoms with Gasteiger partial charge in [-0.25, -0.2) is 9.79 Å². The average Bonchev–Trinajstić information content (AvgIpc) is 2.95. The van der Waals surface area contributed by atoms with Gasteiger partial charge in [0.25, 0.3) is 0 Å². The average molecular weight is 261 g/mol. The van der Waals surface area contributed by atoms with Crippen LogP contribution < -0.4 is 0 Å². The molecule has 0 bridgehead atoms. The molecule has 0 atom stereocenters. The number of hydrogen-bond donors (Lipinski definition) is 0. The third-order valence-electron chi connectivity index (χ3n) is 2.90. The van der Waals surface area contributed by atoms with Crippen molar-refractivity contribution in [1.82, 2.24) is 0 Å². The number of cyclic esters (lactones) is 1. The van der Waals surface area contributed by atoms with Gasteiger partial charge in [0, 0.05) is 11.1 Å². The molecule has 4 heteroatoms. The Morgan fingerprint density at radius 2 is 1.95 bits per heavy atom. The highest BCUT2D eigenvalue weighted by Crippen LogP contribution is 2.25. The van der Waals surface area contributed by atoms with Crippen molar-refractivity contribution in [3.05, 3.63) is 34.9 Å². The molecule has 2 heterocycles. The van der Waals surface area contributed by atoms with Crippen molar-refractivity contribution in [2.24, 2.45) is 4.99 Å². The predicted molar refractivity (Wildman–Crippen MR) is 73.5 cm³/mol. The number of carbonyl (C=O) groups excluding carboxylic acids is 1. The van der Waals surface area contributed by atoms with Gasteiger partial charge in [-0.2, -0.15) is 0 Å². The Kier molecular flexibility index (Phi) is 3.60. The summed E-state index contributed by atoms with van der Waals surface area (Å²) in [6.45, 7) is 8.99. The maximum atomic E-state index is 11.3. The first-order chi connectivity index (χ1) is 9.05. The monoisotopic (exact) mass is 261 g/mol. The summed E-state index contributed by atoms with van der Waals surface area (Å²) < 4.78 is 10.5. The molecule has 102 valence electrons. The summed E-state index contributed by atoms with van der Waals surface area (Å²) in [5.41, 5.74) is 2.29. The van der Waals surface area contributed by atoms with Crippen LogP contribution >= 0.6 is 0 Å². The van der Waals surface area contributed by atoms with Gasteiger partial charge < -0.3 is 9.47 Å². The molecule has 0 N–H and O–H groups in total. The topological polar surface area (TPSA) is 47.9 Å². The molecule has 3 rings (SSSR count). The Labute approximate surface area is 113 Å². The van der Waals surface area contributed by atoms with E-state index in [-0.39, 0.29) is 11.5 Å². The lowest BCUT2D eigenvalue weighted by Gasteiger charge is -2.07. The van der Waals surface area contributed by atoms with Gasteiger partial charge in [0.05, 0.1) is 11.1 Å². The Bertz CT molecular complexity index is 532. The number of carbonyl (C=O) groups is 1. The van der Waals surface area contributed by atoms with E-state index in [9.17, 15) is 4.79 Å². The summed E-state index contributed by atoms with van der Waals surface area (Å²) >= 11 is 0. The minimum Gasteiger partial charge on any atom is -0.475 e. The highest BCUT2D eigenvalue weighted by Gasteiger charge is 2.28. The van der Waals surface area contributed by atoms with Crippen LogP contribution in [0, 0.1) is 0 Å². The zero-order chi connectivity index (χ0) is 14.0. The van der Waals surface area contributed by atoms with Crippen molar-refractivity contribution < 1.29 is 14.3 Å². The molecule has 4 nitrogen and oxygen atoms in total. The summed E-state index contributed by atoms with van der Waals surface area (Å²) in [6, 6.07) is 5.54. The lowest BCUT2D eigenvalue weighted by molar-refractivity contribution is 0.0535. The van der Waals surface area contributed by atoms with E-state index in [2.05, 4.69) is 4.99 Å². The van der Waals surface area contributed by atoms with E-state index in [1.165, 1.54) is 0 Å². The van der Waals surface area contributed by atoms with Crippen LogP contribution in [0.25, 0.3) is 0 Å². The molecule has 2 aliphatic heterocycles. The van der Waals surface area contributed by atoms with Crippen molar-refractivity contribution in [3.8, 4) is 0 Å². The highest BCUT2D eigenvalue weighted by atomic mass is 16.5. The van der Waals surface area contributed by atoms with Gasteiger partial charge in [-0.15, -0.1) is 0 Å². The Hall–Kier alpha value is -1.84. The quantitative estimate of drug-likeness (QED) is 0.730. The molecular weight excluding hydrogens is 242 g/mol. The number of benzene rings is 1. The van der Waals surface area contributed by atoms with Crippen molar-refractivity contribution in [3.63, 3.8) is 0 Å². The highest BCUT2D eigenvalue weighted by molar-refractivity contribution is 5.99. The molecule has 1 aromatic carbocycles. The standard InChI is InChI=1S/C13H13NO3.C2H6/c1-13(2)7-17-11(14-13)8-3-4-10-9(5-8)6-16-12(10)15;1-2/h3-5H,6-7H2,1-2H3;1-2H3. The minimum absolute atomic E-state index is 0.166. The van der Waals surface area contributed by atoms with Gasteiger partial charge in [-0.05, 0) is 32.0 Å². The number of ether oxygens (including phenoxy) is 2.